The molecule has 0 saturated carbocycles. The molecule has 2 heteroatoms. The molecule has 1 atom stereocenters. The Kier molecular flexibility index (Phi) is 7.96. The number of hydrogen-bond acceptors (Lipinski definition) is 2. The van der Waals surface area contributed by atoms with E-state index in [1.165, 1.54) is 19.3 Å². The molecule has 0 rings (SSSR count). The maximum Gasteiger partial charge on any atom is 0.0477 e. The molecule has 0 aromatic carbocycles. The van der Waals surface area contributed by atoms with E-state index >= 15 is 0 Å². The maximum absolute atomic E-state index is 5.82. The first-order valence-electron chi connectivity index (χ1n) is 4.55. The van der Waals surface area contributed by atoms with Gasteiger partial charge >= 0.3 is 0 Å². The van der Waals surface area contributed by atoms with Crippen LogP contribution in [0.15, 0.2) is 0 Å². The van der Waals surface area contributed by atoms with E-state index in [9.17, 15) is 0 Å². The van der Waals surface area contributed by atoms with Gasteiger partial charge in [-0.3, -0.25) is 0 Å². The van der Waals surface area contributed by atoms with Gasteiger partial charge in [0.1, 0.15) is 0 Å². The molecule has 0 aliphatic carbocycles. The lowest BCUT2D eigenvalue weighted by molar-refractivity contribution is 0.186. The molecule has 11 heavy (non-hydrogen) atoms. The molecule has 2 N–H and O–H groups in total. The Morgan fingerprint density at radius 3 is 2.55 bits per heavy atom. The van der Waals surface area contributed by atoms with Gasteiger partial charge in [0.05, 0.1) is 0 Å². The largest absolute Gasteiger partial charge is 0.385 e. The summed E-state index contributed by atoms with van der Waals surface area (Å²) >= 11 is 0. The fourth-order valence-corrected chi connectivity index (χ4v) is 1.07. The monoisotopic (exact) mass is 159 g/mol. The number of nitrogens with two attached hydrogens (primary N) is 1. The van der Waals surface area contributed by atoms with Crippen molar-refractivity contribution in [1.82, 2.24) is 0 Å². The van der Waals surface area contributed by atoms with Crippen LogP contribution in [0.4, 0.5) is 0 Å². The smallest absolute Gasteiger partial charge is 0.0477 e. The summed E-state index contributed by atoms with van der Waals surface area (Å²) in [6.07, 6.45) is 6.00. The molecule has 0 aliphatic heterocycles. The molecular weight excluding hydrogens is 138 g/mol. The Hall–Kier alpha value is -0.0800. The van der Waals surface area contributed by atoms with E-state index < -0.39 is 0 Å². The Morgan fingerprint density at radius 1 is 1.27 bits per heavy atom. The molecule has 2 nitrogen and oxygen atoms in total. The number of ether oxygens (including phenoxy) is 1. The third-order valence-corrected chi connectivity index (χ3v) is 1.87. The van der Waals surface area contributed by atoms with E-state index in [4.69, 9.17) is 10.5 Å². The van der Waals surface area contributed by atoms with Crippen molar-refractivity contribution in [2.75, 3.05) is 13.7 Å². The second-order valence-corrected chi connectivity index (χ2v) is 3.04. The normalized spacial score (nSPS) is 13.4. The van der Waals surface area contributed by atoms with Crippen molar-refractivity contribution in [3.63, 3.8) is 0 Å². The summed E-state index contributed by atoms with van der Waals surface area (Å²) in [5.41, 5.74) is 5.82. The van der Waals surface area contributed by atoms with Crippen LogP contribution in [-0.2, 0) is 4.74 Å². The zero-order valence-corrected chi connectivity index (χ0v) is 7.81. The summed E-state index contributed by atoms with van der Waals surface area (Å²) < 4.78 is 4.94. The highest BCUT2D eigenvalue weighted by Crippen LogP contribution is 2.03. The SMILES string of the molecule is CCCCCC(N)CCOC. The predicted molar refractivity (Wildman–Crippen MR) is 48.6 cm³/mol. The second kappa shape index (κ2) is 8.02. The van der Waals surface area contributed by atoms with Crippen molar-refractivity contribution in [3.8, 4) is 0 Å². The van der Waals surface area contributed by atoms with Gasteiger partial charge < -0.3 is 10.5 Å². The average Bonchev–Trinajstić information content (AvgIpc) is 2.01. The average molecular weight is 159 g/mol. The van der Waals surface area contributed by atoms with E-state index in [0.29, 0.717) is 6.04 Å². The molecule has 0 spiro atoms. The number of hydrogen-bond donors (Lipinski definition) is 1. The first-order valence-corrected chi connectivity index (χ1v) is 4.55. The summed E-state index contributed by atoms with van der Waals surface area (Å²) in [6.45, 7) is 3.01. The Labute approximate surface area is 70.1 Å². The standard InChI is InChI=1S/C9H21NO/c1-3-4-5-6-9(10)7-8-11-2/h9H,3-8,10H2,1-2H3. The predicted octanol–water partition coefficient (Wildman–Crippen LogP) is 1.93. The molecule has 68 valence electrons. The molecule has 1 unspecified atom stereocenters. The van der Waals surface area contributed by atoms with Gasteiger partial charge in [0, 0.05) is 19.8 Å². The highest BCUT2D eigenvalue weighted by Gasteiger charge is 2.00. The quantitative estimate of drug-likeness (QED) is 0.576. The van der Waals surface area contributed by atoms with Gasteiger partial charge in [-0.1, -0.05) is 26.2 Å². The lowest BCUT2D eigenvalue weighted by Crippen LogP contribution is -2.21. The number of methoxy groups -OCH3 is 1. The van der Waals surface area contributed by atoms with Crippen LogP contribution in [0.5, 0.6) is 0 Å². The third kappa shape index (κ3) is 7.82. The van der Waals surface area contributed by atoms with Crippen molar-refractivity contribution >= 4 is 0 Å². The van der Waals surface area contributed by atoms with E-state index in [0.717, 1.165) is 19.4 Å². The van der Waals surface area contributed by atoms with Crippen LogP contribution in [-0.4, -0.2) is 19.8 Å². The molecule has 0 amide bonds. The second-order valence-electron chi connectivity index (χ2n) is 3.04. The summed E-state index contributed by atoms with van der Waals surface area (Å²) in [7, 11) is 1.72. The minimum atomic E-state index is 0.349. The lowest BCUT2D eigenvalue weighted by Gasteiger charge is -2.09. The summed E-state index contributed by atoms with van der Waals surface area (Å²) in [5, 5.41) is 0. The molecule has 0 fully saturated rings. The van der Waals surface area contributed by atoms with Gasteiger partial charge in [-0.2, -0.15) is 0 Å². The summed E-state index contributed by atoms with van der Waals surface area (Å²) in [5.74, 6) is 0. The number of rotatable bonds is 7. The topological polar surface area (TPSA) is 35.2 Å². The molecule has 0 aliphatic rings. The molecule has 0 radical (unpaired) electrons. The van der Waals surface area contributed by atoms with Gasteiger partial charge in [0.25, 0.3) is 0 Å². The van der Waals surface area contributed by atoms with Gasteiger partial charge in [0.15, 0.2) is 0 Å². The van der Waals surface area contributed by atoms with Crippen LogP contribution < -0.4 is 5.73 Å². The molecule has 0 bridgehead atoms. The van der Waals surface area contributed by atoms with Gasteiger partial charge in [0.2, 0.25) is 0 Å². The van der Waals surface area contributed by atoms with E-state index in [1.807, 2.05) is 0 Å². The van der Waals surface area contributed by atoms with E-state index in [1.54, 1.807) is 7.11 Å². The first kappa shape index (κ1) is 10.9. The summed E-state index contributed by atoms with van der Waals surface area (Å²) in [4.78, 5) is 0. The molecule has 0 saturated heterocycles. The number of unbranched alkanes of at least 4 members (excludes halogenated alkanes) is 2. The third-order valence-electron chi connectivity index (χ3n) is 1.87. The highest BCUT2D eigenvalue weighted by atomic mass is 16.5. The Bertz CT molecular complexity index is 76.0. The van der Waals surface area contributed by atoms with Gasteiger partial charge in [-0.15, -0.1) is 0 Å². The van der Waals surface area contributed by atoms with Crippen molar-refractivity contribution < 1.29 is 4.74 Å². The zero-order chi connectivity index (χ0) is 8.53. The van der Waals surface area contributed by atoms with Crippen molar-refractivity contribution in [2.45, 2.75) is 45.1 Å². The molecular formula is C9H21NO. The van der Waals surface area contributed by atoms with Crippen molar-refractivity contribution in [3.05, 3.63) is 0 Å². The highest BCUT2D eigenvalue weighted by molar-refractivity contribution is 4.60. The van der Waals surface area contributed by atoms with Crippen LogP contribution in [0.25, 0.3) is 0 Å². The Morgan fingerprint density at radius 2 is 2.00 bits per heavy atom. The minimum Gasteiger partial charge on any atom is -0.385 e. The van der Waals surface area contributed by atoms with E-state index in [-0.39, 0.29) is 0 Å². The van der Waals surface area contributed by atoms with Crippen LogP contribution in [0, 0.1) is 0 Å². The molecule has 0 aromatic heterocycles. The van der Waals surface area contributed by atoms with Gasteiger partial charge in [-0.05, 0) is 12.8 Å². The first-order chi connectivity index (χ1) is 5.31. The Balaban J connectivity index is 3.02. The lowest BCUT2D eigenvalue weighted by atomic mass is 10.1. The van der Waals surface area contributed by atoms with Crippen molar-refractivity contribution in [2.24, 2.45) is 5.73 Å². The van der Waals surface area contributed by atoms with Crippen LogP contribution >= 0.6 is 0 Å². The summed E-state index contributed by atoms with van der Waals surface area (Å²) in [6, 6.07) is 0.349. The minimum absolute atomic E-state index is 0.349. The van der Waals surface area contributed by atoms with Crippen molar-refractivity contribution in [1.29, 1.82) is 0 Å². The molecule has 0 aromatic rings. The van der Waals surface area contributed by atoms with Crippen LogP contribution in [0.1, 0.15) is 39.0 Å². The fourth-order valence-electron chi connectivity index (χ4n) is 1.07. The maximum atomic E-state index is 5.82. The molecule has 0 heterocycles. The fraction of sp³-hybridized carbons (Fsp3) is 1.00. The van der Waals surface area contributed by atoms with Crippen LogP contribution in [0.3, 0.4) is 0 Å². The van der Waals surface area contributed by atoms with Gasteiger partial charge in [-0.25, -0.2) is 0 Å². The zero-order valence-electron chi connectivity index (χ0n) is 7.81. The van der Waals surface area contributed by atoms with Crippen LogP contribution in [0.2, 0.25) is 0 Å². The van der Waals surface area contributed by atoms with E-state index in [2.05, 4.69) is 6.92 Å².